The maximum atomic E-state index is 4.41. The summed E-state index contributed by atoms with van der Waals surface area (Å²) in [6.07, 6.45) is 11.7. The molecule has 0 saturated carbocycles. The van der Waals surface area contributed by atoms with Crippen LogP contribution in [0.5, 0.6) is 0 Å². The third-order valence-electron chi connectivity index (χ3n) is 2.97. The Morgan fingerprint density at radius 2 is 2.29 bits per heavy atom. The molecule has 0 amide bonds. The standard InChI is InChI=1S/C13H14N4/c1-2-9-17-11-6-4-3-5-10(11)16-12-13(17)15-8-7-14-12/h2-3,5,7-8H,1,4,6,9H2,(H,14,16). The van der Waals surface area contributed by atoms with E-state index in [-0.39, 0.29) is 0 Å². The highest BCUT2D eigenvalue weighted by atomic mass is 15.3. The van der Waals surface area contributed by atoms with Crippen LogP contribution in [0.15, 0.2) is 48.6 Å². The predicted molar refractivity (Wildman–Crippen MR) is 68.6 cm³/mol. The van der Waals surface area contributed by atoms with Crippen LogP contribution in [0.25, 0.3) is 0 Å². The van der Waals surface area contributed by atoms with Crippen molar-refractivity contribution < 1.29 is 0 Å². The van der Waals surface area contributed by atoms with Gasteiger partial charge in [-0.2, -0.15) is 0 Å². The lowest BCUT2D eigenvalue weighted by molar-refractivity contribution is 0.825. The molecule has 2 aliphatic rings. The van der Waals surface area contributed by atoms with Crippen LogP contribution in [-0.2, 0) is 0 Å². The van der Waals surface area contributed by atoms with E-state index in [1.165, 1.54) is 5.70 Å². The van der Waals surface area contributed by atoms with Gasteiger partial charge >= 0.3 is 0 Å². The van der Waals surface area contributed by atoms with Gasteiger partial charge in [-0.05, 0) is 18.9 Å². The van der Waals surface area contributed by atoms with Gasteiger partial charge in [0.05, 0.1) is 5.70 Å². The van der Waals surface area contributed by atoms with Crippen molar-refractivity contribution in [3.8, 4) is 0 Å². The van der Waals surface area contributed by atoms with E-state index in [4.69, 9.17) is 0 Å². The average Bonchev–Trinajstić information content (AvgIpc) is 2.39. The molecule has 2 heterocycles. The van der Waals surface area contributed by atoms with E-state index in [9.17, 15) is 0 Å². The fraction of sp³-hybridized carbons (Fsp3) is 0.231. The molecule has 1 aromatic heterocycles. The monoisotopic (exact) mass is 226 g/mol. The molecule has 1 N–H and O–H groups in total. The second-order valence-corrected chi connectivity index (χ2v) is 4.05. The zero-order valence-electron chi connectivity index (χ0n) is 9.56. The zero-order valence-corrected chi connectivity index (χ0v) is 9.56. The maximum absolute atomic E-state index is 4.41. The Labute approximate surface area is 100 Å². The summed E-state index contributed by atoms with van der Waals surface area (Å²) in [6.45, 7) is 4.58. The molecular weight excluding hydrogens is 212 g/mol. The van der Waals surface area contributed by atoms with Crippen molar-refractivity contribution in [1.82, 2.24) is 9.97 Å². The van der Waals surface area contributed by atoms with Crippen LogP contribution in [0.2, 0.25) is 0 Å². The Morgan fingerprint density at radius 3 is 3.18 bits per heavy atom. The molecule has 4 nitrogen and oxygen atoms in total. The van der Waals surface area contributed by atoms with Gasteiger partial charge in [0, 0.05) is 24.6 Å². The van der Waals surface area contributed by atoms with Gasteiger partial charge < -0.3 is 10.2 Å². The Kier molecular flexibility index (Phi) is 2.40. The summed E-state index contributed by atoms with van der Waals surface area (Å²) in [4.78, 5) is 10.9. The van der Waals surface area contributed by atoms with Crippen LogP contribution < -0.4 is 10.2 Å². The molecule has 0 fully saturated rings. The first kappa shape index (κ1) is 10.1. The Balaban J connectivity index is 2.10. The summed E-state index contributed by atoms with van der Waals surface area (Å²) in [5.74, 6) is 1.71. The van der Waals surface area contributed by atoms with Crippen molar-refractivity contribution in [2.24, 2.45) is 0 Å². The highest BCUT2D eigenvalue weighted by Gasteiger charge is 2.25. The summed E-state index contributed by atoms with van der Waals surface area (Å²) in [7, 11) is 0. The van der Waals surface area contributed by atoms with E-state index in [0.29, 0.717) is 0 Å². The van der Waals surface area contributed by atoms with Gasteiger partial charge in [-0.3, -0.25) is 0 Å². The number of hydrogen-bond acceptors (Lipinski definition) is 4. The fourth-order valence-corrected chi connectivity index (χ4v) is 2.24. The van der Waals surface area contributed by atoms with Crippen molar-refractivity contribution in [3.05, 3.63) is 48.6 Å². The molecule has 1 aliphatic heterocycles. The smallest absolute Gasteiger partial charge is 0.176 e. The molecule has 4 heteroatoms. The highest BCUT2D eigenvalue weighted by molar-refractivity contribution is 5.72. The molecule has 17 heavy (non-hydrogen) atoms. The predicted octanol–water partition coefficient (Wildman–Crippen LogP) is 2.46. The van der Waals surface area contributed by atoms with Gasteiger partial charge in [0.1, 0.15) is 0 Å². The Bertz CT molecular complexity index is 516. The maximum Gasteiger partial charge on any atom is 0.176 e. The zero-order chi connectivity index (χ0) is 11.7. The van der Waals surface area contributed by atoms with Gasteiger partial charge in [-0.1, -0.05) is 12.2 Å². The van der Waals surface area contributed by atoms with Crippen molar-refractivity contribution in [2.75, 3.05) is 16.8 Å². The van der Waals surface area contributed by atoms with Crippen molar-refractivity contribution in [1.29, 1.82) is 0 Å². The number of nitrogens with zero attached hydrogens (tertiary/aromatic N) is 3. The van der Waals surface area contributed by atoms with Crippen molar-refractivity contribution >= 4 is 11.6 Å². The Morgan fingerprint density at radius 1 is 1.41 bits per heavy atom. The molecule has 0 spiro atoms. The van der Waals surface area contributed by atoms with Gasteiger partial charge in [-0.15, -0.1) is 6.58 Å². The van der Waals surface area contributed by atoms with Crippen LogP contribution >= 0.6 is 0 Å². The fourth-order valence-electron chi connectivity index (χ4n) is 2.24. The summed E-state index contributed by atoms with van der Waals surface area (Å²) in [5, 5.41) is 3.33. The SMILES string of the molecule is C=CCN1C2=C(C=CCC2)Nc2nccnc21. The van der Waals surface area contributed by atoms with Crippen LogP contribution in [0, 0.1) is 0 Å². The topological polar surface area (TPSA) is 41.0 Å². The highest BCUT2D eigenvalue weighted by Crippen LogP contribution is 2.35. The van der Waals surface area contributed by atoms with Crippen molar-refractivity contribution in [3.63, 3.8) is 0 Å². The lowest BCUT2D eigenvalue weighted by Gasteiger charge is -2.34. The number of rotatable bonds is 2. The minimum absolute atomic E-state index is 0.764. The molecule has 0 unspecified atom stereocenters. The molecule has 0 saturated heterocycles. The molecule has 1 aliphatic carbocycles. The van der Waals surface area contributed by atoms with Crippen LogP contribution in [0.4, 0.5) is 11.6 Å². The van der Waals surface area contributed by atoms with E-state index in [1.807, 2.05) is 6.08 Å². The third-order valence-corrected chi connectivity index (χ3v) is 2.97. The molecule has 3 rings (SSSR count). The van der Waals surface area contributed by atoms with E-state index in [0.717, 1.165) is 36.7 Å². The van der Waals surface area contributed by atoms with Gasteiger partial charge in [-0.25, -0.2) is 9.97 Å². The summed E-state index contributed by atoms with van der Waals surface area (Å²) in [6, 6.07) is 0. The molecule has 0 atom stereocenters. The molecule has 0 aromatic carbocycles. The third kappa shape index (κ3) is 1.62. The van der Waals surface area contributed by atoms with Gasteiger partial charge in [0.2, 0.25) is 0 Å². The summed E-state index contributed by atoms with van der Waals surface area (Å²) < 4.78 is 0. The normalized spacial score (nSPS) is 17.3. The number of nitrogens with one attached hydrogen (secondary N) is 1. The molecule has 86 valence electrons. The Hall–Kier alpha value is -2.10. The second-order valence-electron chi connectivity index (χ2n) is 4.05. The van der Waals surface area contributed by atoms with Gasteiger partial charge in [0.15, 0.2) is 11.6 Å². The minimum atomic E-state index is 0.764. The van der Waals surface area contributed by atoms with Crippen LogP contribution in [0.1, 0.15) is 12.8 Å². The number of allylic oxidation sites excluding steroid dienone is 3. The number of hydrogen-bond donors (Lipinski definition) is 1. The van der Waals surface area contributed by atoms with E-state index < -0.39 is 0 Å². The molecule has 0 bridgehead atoms. The van der Waals surface area contributed by atoms with Crippen molar-refractivity contribution in [2.45, 2.75) is 12.8 Å². The number of aromatic nitrogens is 2. The quantitative estimate of drug-likeness (QED) is 0.786. The first-order chi connectivity index (χ1) is 8.40. The minimum Gasteiger partial charge on any atom is -0.336 e. The first-order valence-corrected chi connectivity index (χ1v) is 5.76. The van der Waals surface area contributed by atoms with Gasteiger partial charge in [0.25, 0.3) is 0 Å². The number of fused-ring (bicyclic) bond motifs is 1. The second kappa shape index (κ2) is 4.05. The van der Waals surface area contributed by atoms with E-state index >= 15 is 0 Å². The summed E-state index contributed by atoms with van der Waals surface area (Å²) in [5.41, 5.74) is 2.41. The van der Waals surface area contributed by atoms with E-state index in [1.54, 1.807) is 12.4 Å². The van der Waals surface area contributed by atoms with E-state index in [2.05, 4.69) is 38.9 Å². The lowest BCUT2D eigenvalue weighted by Crippen LogP contribution is -2.31. The van der Waals surface area contributed by atoms with Crippen LogP contribution in [0.3, 0.4) is 0 Å². The molecule has 0 radical (unpaired) electrons. The molecule has 1 aromatic rings. The first-order valence-electron chi connectivity index (χ1n) is 5.76. The average molecular weight is 226 g/mol. The summed E-state index contributed by atoms with van der Waals surface area (Å²) >= 11 is 0. The number of anilines is 2. The largest absolute Gasteiger partial charge is 0.336 e. The van der Waals surface area contributed by atoms with Crippen LogP contribution in [-0.4, -0.2) is 16.5 Å². The molecular formula is C13H14N4. The lowest BCUT2D eigenvalue weighted by atomic mass is 10.0.